The molecule has 1 N–H and O–H groups in total. The standard InChI is InChI=1S/C22H21F2N3O4/c1-3-4-10-29-18-11-15(7-8-17(18)31-22(23)24)21-27-16(13-30-21)12-26-20(28)19-14(2)6-5-9-25-19/h3,5-9,11,13,22H,1,4,10,12H2,2H3,(H,26,28). The molecule has 0 bridgehead atoms. The third-order valence-corrected chi connectivity index (χ3v) is 4.19. The van der Waals surface area contributed by atoms with E-state index < -0.39 is 6.61 Å². The first-order valence-electron chi connectivity index (χ1n) is 9.45. The number of aryl methyl sites for hydroxylation is 1. The van der Waals surface area contributed by atoms with Gasteiger partial charge >= 0.3 is 6.61 Å². The van der Waals surface area contributed by atoms with E-state index in [1.54, 1.807) is 31.3 Å². The molecule has 9 heteroatoms. The van der Waals surface area contributed by atoms with Gasteiger partial charge in [-0.25, -0.2) is 4.98 Å². The molecule has 2 heterocycles. The van der Waals surface area contributed by atoms with Crippen molar-refractivity contribution in [3.63, 3.8) is 0 Å². The highest BCUT2D eigenvalue weighted by molar-refractivity contribution is 5.93. The average Bonchev–Trinajstić information content (AvgIpc) is 3.22. The Kier molecular flexibility index (Phi) is 7.31. The Balaban J connectivity index is 1.71. The number of alkyl halides is 2. The van der Waals surface area contributed by atoms with Gasteiger partial charge in [-0.3, -0.25) is 9.78 Å². The number of carbonyl (C=O) groups excluding carboxylic acids is 1. The smallest absolute Gasteiger partial charge is 0.387 e. The first-order chi connectivity index (χ1) is 15.0. The van der Waals surface area contributed by atoms with Crippen molar-refractivity contribution in [2.24, 2.45) is 0 Å². The Bertz CT molecular complexity index is 1050. The molecule has 0 unspecified atom stereocenters. The summed E-state index contributed by atoms with van der Waals surface area (Å²) in [6.45, 7) is 2.80. The van der Waals surface area contributed by atoms with Crippen LogP contribution < -0.4 is 14.8 Å². The van der Waals surface area contributed by atoms with Crippen molar-refractivity contribution in [2.75, 3.05) is 6.61 Å². The molecule has 162 valence electrons. The molecular weight excluding hydrogens is 408 g/mol. The molecule has 0 radical (unpaired) electrons. The monoisotopic (exact) mass is 429 g/mol. The number of rotatable bonds is 10. The van der Waals surface area contributed by atoms with E-state index in [0.29, 0.717) is 23.4 Å². The summed E-state index contributed by atoms with van der Waals surface area (Å²) in [4.78, 5) is 20.7. The number of nitrogens with one attached hydrogen (secondary N) is 1. The van der Waals surface area contributed by atoms with Gasteiger partial charge < -0.3 is 19.2 Å². The van der Waals surface area contributed by atoms with Gasteiger partial charge in [0, 0.05) is 11.8 Å². The summed E-state index contributed by atoms with van der Waals surface area (Å²) in [5.41, 5.74) is 2.09. The topological polar surface area (TPSA) is 86.5 Å². The van der Waals surface area contributed by atoms with E-state index >= 15 is 0 Å². The highest BCUT2D eigenvalue weighted by Gasteiger charge is 2.16. The molecule has 7 nitrogen and oxygen atoms in total. The minimum absolute atomic E-state index is 0.0902. The number of carbonyl (C=O) groups is 1. The minimum atomic E-state index is -2.98. The summed E-state index contributed by atoms with van der Waals surface area (Å²) in [5.74, 6) is -0.0320. The van der Waals surface area contributed by atoms with Gasteiger partial charge in [0.1, 0.15) is 12.0 Å². The number of halogens is 2. The maximum atomic E-state index is 12.6. The predicted octanol–water partition coefficient (Wildman–Crippen LogP) is 4.53. The Labute approximate surface area is 177 Å². The van der Waals surface area contributed by atoms with Crippen LogP contribution in [-0.2, 0) is 6.54 Å². The molecule has 0 atom stereocenters. The normalized spacial score (nSPS) is 10.7. The molecule has 1 aromatic carbocycles. The Morgan fingerprint density at radius 2 is 2.16 bits per heavy atom. The van der Waals surface area contributed by atoms with Gasteiger partial charge in [-0.2, -0.15) is 8.78 Å². The van der Waals surface area contributed by atoms with Gasteiger partial charge in [-0.05, 0) is 43.2 Å². The average molecular weight is 429 g/mol. The Hall–Kier alpha value is -3.75. The van der Waals surface area contributed by atoms with Crippen LogP contribution in [0.1, 0.15) is 28.2 Å². The fourth-order valence-corrected chi connectivity index (χ4v) is 2.70. The van der Waals surface area contributed by atoms with Crippen molar-refractivity contribution < 1.29 is 27.5 Å². The Morgan fingerprint density at radius 3 is 2.90 bits per heavy atom. The predicted molar refractivity (Wildman–Crippen MR) is 109 cm³/mol. The zero-order chi connectivity index (χ0) is 22.2. The van der Waals surface area contributed by atoms with Crippen LogP contribution in [0.25, 0.3) is 11.5 Å². The highest BCUT2D eigenvalue weighted by Crippen LogP contribution is 2.33. The van der Waals surface area contributed by atoms with Gasteiger partial charge in [0.15, 0.2) is 11.5 Å². The summed E-state index contributed by atoms with van der Waals surface area (Å²) in [6, 6.07) is 7.95. The second-order valence-electron chi connectivity index (χ2n) is 6.46. The van der Waals surface area contributed by atoms with Crippen molar-refractivity contribution in [3.8, 4) is 23.0 Å². The molecule has 0 aliphatic carbocycles. The Morgan fingerprint density at radius 1 is 1.32 bits per heavy atom. The summed E-state index contributed by atoms with van der Waals surface area (Å²) in [6.07, 6.45) is 5.14. The minimum Gasteiger partial charge on any atom is -0.489 e. The molecule has 0 aliphatic rings. The van der Waals surface area contributed by atoms with Crippen molar-refractivity contribution in [3.05, 3.63) is 72.4 Å². The molecule has 0 saturated heterocycles. The number of pyridine rings is 1. The van der Waals surface area contributed by atoms with Crippen LogP contribution in [0.4, 0.5) is 8.78 Å². The maximum Gasteiger partial charge on any atom is 0.387 e. The fraction of sp³-hybridized carbons (Fsp3) is 0.227. The highest BCUT2D eigenvalue weighted by atomic mass is 19.3. The lowest BCUT2D eigenvalue weighted by Gasteiger charge is -2.12. The van der Waals surface area contributed by atoms with E-state index in [4.69, 9.17) is 9.15 Å². The number of aromatic nitrogens is 2. The largest absolute Gasteiger partial charge is 0.489 e. The first kappa shape index (κ1) is 21.9. The van der Waals surface area contributed by atoms with Gasteiger partial charge in [0.05, 0.1) is 18.8 Å². The van der Waals surface area contributed by atoms with Crippen LogP contribution in [-0.4, -0.2) is 29.1 Å². The van der Waals surface area contributed by atoms with Crippen LogP contribution in [0, 0.1) is 6.92 Å². The number of benzene rings is 1. The van der Waals surface area contributed by atoms with Crippen LogP contribution in [0.3, 0.4) is 0 Å². The van der Waals surface area contributed by atoms with E-state index in [-0.39, 0.29) is 36.4 Å². The molecule has 0 fully saturated rings. The summed E-state index contributed by atoms with van der Waals surface area (Å²) in [7, 11) is 0. The summed E-state index contributed by atoms with van der Waals surface area (Å²) < 4.78 is 40.8. The van der Waals surface area contributed by atoms with Crippen molar-refractivity contribution in [1.29, 1.82) is 0 Å². The molecule has 3 rings (SSSR count). The van der Waals surface area contributed by atoms with Crippen molar-refractivity contribution >= 4 is 5.91 Å². The van der Waals surface area contributed by atoms with Crippen molar-refractivity contribution in [2.45, 2.75) is 26.5 Å². The van der Waals surface area contributed by atoms with Crippen molar-refractivity contribution in [1.82, 2.24) is 15.3 Å². The molecule has 3 aromatic rings. The quantitative estimate of drug-likeness (QED) is 0.376. The molecule has 1 amide bonds. The van der Waals surface area contributed by atoms with Gasteiger partial charge in [-0.15, -0.1) is 6.58 Å². The van der Waals surface area contributed by atoms with E-state index in [2.05, 4.69) is 26.6 Å². The fourth-order valence-electron chi connectivity index (χ4n) is 2.70. The van der Waals surface area contributed by atoms with Crippen LogP contribution >= 0.6 is 0 Å². The zero-order valence-electron chi connectivity index (χ0n) is 16.8. The molecule has 0 aliphatic heterocycles. The third-order valence-electron chi connectivity index (χ3n) is 4.19. The van der Waals surface area contributed by atoms with E-state index in [0.717, 1.165) is 5.56 Å². The SMILES string of the molecule is C=CCCOc1cc(-c2nc(CNC(=O)c3ncccc3C)co2)ccc1OC(F)F. The lowest BCUT2D eigenvalue weighted by atomic mass is 10.2. The lowest BCUT2D eigenvalue weighted by Crippen LogP contribution is -2.24. The maximum absolute atomic E-state index is 12.6. The second-order valence-corrected chi connectivity index (χ2v) is 6.46. The number of hydrogen-bond acceptors (Lipinski definition) is 6. The van der Waals surface area contributed by atoms with Crippen LogP contribution in [0.2, 0.25) is 0 Å². The van der Waals surface area contributed by atoms with Crippen LogP contribution in [0.5, 0.6) is 11.5 Å². The van der Waals surface area contributed by atoms with Gasteiger partial charge in [0.25, 0.3) is 5.91 Å². The van der Waals surface area contributed by atoms with E-state index in [1.807, 2.05) is 0 Å². The molecule has 31 heavy (non-hydrogen) atoms. The molecule has 0 spiro atoms. The number of oxazole rings is 1. The number of hydrogen-bond donors (Lipinski definition) is 1. The van der Waals surface area contributed by atoms with Gasteiger partial charge in [0.2, 0.25) is 5.89 Å². The number of amides is 1. The van der Waals surface area contributed by atoms with Crippen LogP contribution in [0.15, 0.2) is 59.9 Å². The first-order valence-corrected chi connectivity index (χ1v) is 9.45. The third kappa shape index (κ3) is 5.88. The second kappa shape index (κ2) is 10.3. The number of nitrogens with zero attached hydrogens (tertiary/aromatic N) is 2. The number of ether oxygens (including phenoxy) is 2. The van der Waals surface area contributed by atoms with E-state index in [1.165, 1.54) is 24.5 Å². The molecule has 0 saturated carbocycles. The summed E-state index contributed by atoms with van der Waals surface area (Å²) in [5, 5.41) is 2.74. The van der Waals surface area contributed by atoms with Gasteiger partial charge in [-0.1, -0.05) is 12.1 Å². The van der Waals surface area contributed by atoms with E-state index in [9.17, 15) is 13.6 Å². The molecule has 2 aromatic heterocycles. The zero-order valence-corrected chi connectivity index (χ0v) is 16.8. The molecular formula is C22H21F2N3O4. The summed E-state index contributed by atoms with van der Waals surface area (Å²) >= 11 is 0. The lowest BCUT2D eigenvalue weighted by molar-refractivity contribution is -0.0514.